The lowest BCUT2D eigenvalue weighted by atomic mass is 9.78. The van der Waals surface area contributed by atoms with Crippen LogP contribution in [0.2, 0.25) is 0 Å². The van der Waals surface area contributed by atoms with Crippen LogP contribution < -0.4 is 10.1 Å². The standard InChI is InChI=1S/C18H27NO2/c1-20-17-7-5-6-15(12-17)14-19-16-8-11-21-18(13-16)9-3-2-4-10-18/h5-7,12,16,19H,2-4,8-11,13-14H2,1H3. The molecule has 0 amide bonds. The van der Waals surface area contributed by atoms with Crippen molar-refractivity contribution in [3.05, 3.63) is 29.8 Å². The van der Waals surface area contributed by atoms with Gasteiger partial charge >= 0.3 is 0 Å². The Labute approximate surface area is 128 Å². The molecule has 1 saturated heterocycles. The second kappa shape index (κ2) is 6.80. The number of methoxy groups -OCH3 is 1. The van der Waals surface area contributed by atoms with Crippen LogP contribution in [0.15, 0.2) is 24.3 Å². The molecule has 1 aromatic rings. The van der Waals surface area contributed by atoms with Gasteiger partial charge in [0, 0.05) is 19.2 Å². The van der Waals surface area contributed by atoms with Crippen LogP contribution in [-0.2, 0) is 11.3 Å². The Balaban J connectivity index is 1.54. The van der Waals surface area contributed by atoms with Gasteiger partial charge in [-0.05, 0) is 43.4 Å². The third-order valence-corrected chi connectivity index (χ3v) is 4.99. The summed E-state index contributed by atoms with van der Waals surface area (Å²) in [6, 6.07) is 8.91. The van der Waals surface area contributed by atoms with Crippen molar-refractivity contribution >= 4 is 0 Å². The normalized spacial score (nSPS) is 24.9. The average molecular weight is 289 g/mol. The lowest BCUT2D eigenvalue weighted by Crippen LogP contribution is -2.47. The Kier molecular flexibility index (Phi) is 4.81. The van der Waals surface area contributed by atoms with Gasteiger partial charge in [-0.2, -0.15) is 0 Å². The molecule has 3 nitrogen and oxygen atoms in total. The molecule has 1 N–H and O–H groups in total. The predicted octanol–water partition coefficient (Wildman–Crippen LogP) is 3.67. The zero-order valence-corrected chi connectivity index (χ0v) is 13.1. The average Bonchev–Trinajstić information content (AvgIpc) is 2.54. The number of ether oxygens (including phenoxy) is 2. The molecule has 0 bridgehead atoms. The van der Waals surface area contributed by atoms with Crippen LogP contribution in [0.1, 0.15) is 50.5 Å². The first kappa shape index (κ1) is 14.9. The van der Waals surface area contributed by atoms with Crippen molar-refractivity contribution in [2.75, 3.05) is 13.7 Å². The zero-order valence-electron chi connectivity index (χ0n) is 13.1. The van der Waals surface area contributed by atoms with E-state index in [-0.39, 0.29) is 5.60 Å². The number of benzene rings is 1. The van der Waals surface area contributed by atoms with E-state index >= 15 is 0 Å². The quantitative estimate of drug-likeness (QED) is 0.917. The number of hydrogen-bond acceptors (Lipinski definition) is 3. The molecule has 1 unspecified atom stereocenters. The Morgan fingerprint density at radius 3 is 2.95 bits per heavy atom. The molecule has 1 saturated carbocycles. The molecule has 1 aliphatic heterocycles. The van der Waals surface area contributed by atoms with E-state index in [4.69, 9.17) is 9.47 Å². The highest BCUT2D eigenvalue weighted by Crippen LogP contribution is 2.38. The zero-order chi connectivity index (χ0) is 14.5. The molecule has 0 aromatic heterocycles. The van der Waals surface area contributed by atoms with Crippen molar-refractivity contribution in [2.24, 2.45) is 0 Å². The Bertz CT molecular complexity index is 449. The molecule has 1 aromatic carbocycles. The maximum atomic E-state index is 6.17. The lowest BCUT2D eigenvalue weighted by molar-refractivity contribution is -0.109. The van der Waals surface area contributed by atoms with Crippen molar-refractivity contribution in [2.45, 2.75) is 63.1 Å². The number of rotatable bonds is 4. The van der Waals surface area contributed by atoms with E-state index in [2.05, 4.69) is 23.5 Å². The summed E-state index contributed by atoms with van der Waals surface area (Å²) in [4.78, 5) is 0. The molecule has 1 aliphatic carbocycles. The van der Waals surface area contributed by atoms with Crippen LogP contribution in [0.4, 0.5) is 0 Å². The maximum absolute atomic E-state index is 6.17. The first-order valence-corrected chi connectivity index (χ1v) is 8.30. The van der Waals surface area contributed by atoms with E-state index in [9.17, 15) is 0 Å². The molecule has 1 atom stereocenters. The molecule has 2 aliphatic rings. The van der Waals surface area contributed by atoms with Crippen molar-refractivity contribution in [3.8, 4) is 5.75 Å². The second-order valence-electron chi connectivity index (χ2n) is 6.51. The Hall–Kier alpha value is -1.06. The van der Waals surface area contributed by atoms with Crippen LogP contribution >= 0.6 is 0 Å². The van der Waals surface area contributed by atoms with Crippen molar-refractivity contribution in [1.82, 2.24) is 5.32 Å². The summed E-state index contributed by atoms with van der Waals surface area (Å²) in [5.74, 6) is 0.935. The SMILES string of the molecule is COc1cccc(CNC2CCOC3(CCCCC3)C2)c1. The van der Waals surface area contributed by atoms with Crippen molar-refractivity contribution < 1.29 is 9.47 Å². The van der Waals surface area contributed by atoms with E-state index in [0.29, 0.717) is 6.04 Å². The molecular formula is C18H27NO2. The third-order valence-electron chi connectivity index (χ3n) is 4.99. The minimum absolute atomic E-state index is 0.183. The molecule has 116 valence electrons. The lowest BCUT2D eigenvalue weighted by Gasteiger charge is -2.43. The fraction of sp³-hybridized carbons (Fsp3) is 0.667. The van der Waals surface area contributed by atoms with Crippen LogP contribution in [0.25, 0.3) is 0 Å². The predicted molar refractivity (Wildman–Crippen MR) is 84.6 cm³/mol. The summed E-state index contributed by atoms with van der Waals surface area (Å²) in [5.41, 5.74) is 1.47. The van der Waals surface area contributed by atoms with Gasteiger partial charge in [-0.1, -0.05) is 31.4 Å². The Morgan fingerprint density at radius 1 is 1.29 bits per heavy atom. The van der Waals surface area contributed by atoms with Gasteiger partial charge in [0.2, 0.25) is 0 Å². The van der Waals surface area contributed by atoms with E-state index in [1.807, 2.05) is 6.07 Å². The first-order valence-electron chi connectivity index (χ1n) is 8.30. The van der Waals surface area contributed by atoms with Gasteiger partial charge in [-0.15, -0.1) is 0 Å². The summed E-state index contributed by atoms with van der Waals surface area (Å²) in [7, 11) is 1.72. The fourth-order valence-corrected chi connectivity index (χ4v) is 3.79. The van der Waals surface area contributed by atoms with Crippen LogP contribution in [-0.4, -0.2) is 25.4 Å². The van der Waals surface area contributed by atoms with Crippen LogP contribution in [0.5, 0.6) is 5.75 Å². The summed E-state index contributed by atoms with van der Waals surface area (Å²) in [6.07, 6.45) is 8.87. The highest BCUT2D eigenvalue weighted by Gasteiger charge is 2.38. The number of hydrogen-bond donors (Lipinski definition) is 1. The first-order chi connectivity index (χ1) is 10.3. The van der Waals surface area contributed by atoms with E-state index in [1.165, 1.54) is 44.1 Å². The molecule has 21 heavy (non-hydrogen) atoms. The van der Waals surface area contributed by atoms with Gasteiger partial charge in [0.25, 0.3) is 0 Å². The summed E-state index contributed by atoms with van der Waals surface area (Å²) >= 11 is 0. The molecule has 2 fully saturated rings. The largest absolute Gasteiger partial charge is 0.497 e. The third kappa shape index (κ3) is 3.78. The van der Waals surface area contributed by atoms with Crippen molar-refractivity contribution in [3.63, 3.8) is 0 Å². The van der Waals surface area contributed by atoms with E-state index < -0.39 is 0 Å². The maximum Gasteiger partial charge on any atom is 0.119 e. The van der Waals surface area contributed by atoms with E-state index in [1.54, 1.807) is 7.11 Å². The van der Waals surface area contributed by atoms with Crippen molar-refractivity contribution in [1.29, 1.82) is 0 Å². The number of nitrogens with one attached hydrogen (secondary N) is 1. The highest BCUT2D eigenvalue weighted by molar-refractivity contribution is 5.28. The van der Waals surface area contributed by atoms with Gasteiger partial charge in [0.1, 0.15) is 5.75 Å². The molecule has 3 heteroatoms. The van der Waals surface area contributed by atoms with Gasteiger partial charge in [-0.3, -0.25) is 0 Å². The summed E-state index contributed by atoms with van der Waals surface area (Å²) < 4.78 is 11.5. The van der Waals surface area contributed by atoms with Crippen LogP contribution in [0.3, 0.4) is 0 Å². The summed E-state index contributed by atoms with van der Waals surface area (Å²) in [6.45, 7) is 1.83. The van der Waals surface area contributed by atoms with Gasteiger partial charge in [0.15, 0.2) is 0 Å². The molecular weight excluding hydrogens is 262 g/mol. The highest BCUT2D eigenvalue weighted by atomic mass is 16.5. The minimum atomic E-state index is 0.183. The summed E-state index contributed by atoms with van der Waals surface area (Å²) in [5, 5.41) is 3.73. The van der Waals surface area contributed by atoms with Gasteiger partial charge < -0.3 is 14.8 Å². The van der Waals surface area contributed by atoms with Gasteiger partial charge in [-0.25, -0.2) is 0 Å². The molecule has 3 rings (SSSR count). The monoisotopic (exact) mass is 289 g/mol. The smallest absolute Gasteiger partial charge is 0.119 e. The van der Waals surface area contributed by atoms with Gasteiger partial charge in [0.05, 0.1) is 12.7 Å². The molecule has 1 heterocycles. The van der Waals surface area contributed by atoms with E-state index in [0.717, 1.165) is 25.3 Å². The minimum Gasteiger partial charge on any atom is -0.497 e. The second-order valence-corrected chi connectivity index (χ2v) is 6.51. The molecule has 1 spiro atoms. The Morgan fingerprint density at radius 2 is 2.14 bits per heavy atom. The topological polar surface area (TPSA) is 30.5 Å². The van der Waals surface area contributed by atoms with Crippen LogP contribution in [0, 0.1) is 0 Å². The fourth-order valence-electron chi connectivity index (χ4n) is 3.79. The molecule has 0 radical (unpaired) electrons.